The smallest absolute Gasteiger partial charge is 0.341 e. The lowest BCUT2D eigenvalue weighted by molar-refractivity contribution is -0.384. The van der Waals surface area contributed by atoms with Crippen molar-refractivity contribution in [3.05, 3.63) is 99.2 Å². The summed E-state index contributed by atoms with van der Waals surface area (Å²) >= 11 is 6.28. The van der Waals surface area contributed by atoms with Crippen molar-refractivity contribution in [3.63, 3.8) is 0 Å². The number of halogens is 1. The van der Waals surface area contributed by atoms with Crippen LogP contribution in [0.2, 0.25) is 5.02 Å². The van der Waals surface area contributed by atoms with Gasteiger partial charge in [0, 0.05) is 72.5 Å². The Morgan fingerprint density at radius 2 is 1.52 bits per heavy atom. The van der Waals surface area contributed by atoms with Gasteiger partial charge in [0.15, 0.2) is 0 Å². The number of benzene rings is 3. The van der Waals surface area contributed by atoms with Gasteiger partial charge in [-0.15, -0.1) is 0 Å². The number of hydrogen-bond donors (Lipinski definition) is 0. The normalized spacial score (nSPS) is 13.7. The molecular formula is C35H39ClN4O4. The van der Waals surface area contributed by atoms with Crippen LogP contribution in [0.15, 0.2) is 72.8 Å². The number of carbonyl (C=O) groups excluding carboxylic acids is 1. The molecule has 0 atom stereocenters. The van der Waals surface area contributed by atoms with Crippen LogP contribution in [-0.4, -0.2) is 47.2 Å². The largest absolute Gasteiger partial charge is 0.456 e. The molecule has 5 rings (SSSR count). The lowest BCUT2D eigenvalue weighted by atomic mass is 9.96. The van der Waals surface area contributed by atoms with E-state index in [0.29, 0.717) is 10.6 Å². The highest BCUT2D eigenvalue weighted by Crippen LogP contribution is 2.42. The van der Waals surface area contributed by atoms with E-state index in [0.717, 1.165) is 78.6 Å². The van der Waals surface area contributed by atoms with E-state index in [1.165, 1.54) is 0 Å². The van der Waals surface area contributed by atoms with Gasteiger partial charge in [0.05, 0.1) is 16.2 Å². The summed E-state index contributed by atoms with van der Waals surface area (Å²) in [6.45, 7) is 13.7. The summed E-state index contributed by atoms with van der Waals surface area (Å²) in [7, 11) is 0. The van der Waals surface area contributed by atoms with Gasteiger partial charge in [0.2, 0.25) is 0 Å². The molecule has 44 heavy (non-hydrogen) atoms. The van der Waals surface area contributed by atoms with Crippen LogP contribution < -0.4 is 9.80 Å². The minimum Gasteiger partial charge on any atom is -0.456 e. The van der Waals surface area contributed by atoms with Crippen LogP contribution in [-0.2, 0) is 11.3 Å². The maximum absolute atomic E-state index is 13.8. The van der Waals surface area contributed by atoms with Crippen LogP contribution in [0.5, 0.6) is 0 Å². The molecule has 4 aromatic rings. The van der Waals surface area contributed by atoms with Gasteiger partial charge < -0.3 is 19.1 Å². The summed E-state index contributed by atoms with van der Waals surface area (Å²) in [5.74, 6) is -0.336. The second kappa shape index (κ2) is 12.7. The highest BCUT2D eigenvalue weighted by molar-refractivity contribution is 6.30. The second-order valence-electron chi connectivity index (χ2n) is 12.1. The predicted octanol–water partition coefficient (Wildman–Crippen LogP) is 8.38. The van der Waals surface area contributed by atoms with Crippen LogP contribution in [0.3, 0.4) is 0 Å². The molecule has 0 aliphatic carbocycles. The summed E-state index contributed by atoms with van der Waals surface area (Å²) in [6.07, 6.45) is 0.905. The number of aromatic nitrogens is 1. The number of nitrogens with zero attached hydrogens (tertiary/aromatic N) is 4. The minimum absolute atomic E-state index is 0.0935. The Kier molecular flexibility index (Phi) is 9.02. The highest BCUT2D eigenvalue weighted by Gasteiger charge is 2.30. The number of anilines is 2. The summed E-state index contributed by atoms with van der Waals surface area (Å²) in [6, 6.07) is 22.9. The standard InChI is InChI=1S/C35H39ClN4O4/c1-6-18-39-24(2)31(34(41)44-35(3,4)5)32(33(39)25-10-12-27(36)13-11-25)26-8-7-9-30(23-26)38-21-19-37(20-22-38)28-14-16-29(17-15-28)40(42)43/h7-17,23H,6,18-22H2,1-5H3. The Labute approximate surface area is 264 Å². The zero-order chi connectivity index (χ0) is 31.6. The number of carbonyl (C=O) groups is 1. The quantitative estimate of drug-likeness (QED) is 0.113. The lowest BCUT2D eigenvalue weighted by Crippen LogP contribution is -2.46. The van der Waals surface area contributed by atoms with E-state index in [-0.39, 0.29) is 16.6 Å². The van der Waals surface area contributed by atoms with Crippen molar-refractivity contribution < 1.29 is 14.5 Å². The van der Waals surface area contributed by atoms with Crippen molar-refractivity contribution in [1.29, 1.82) is 0 Å². The second-order valence-corrected chi connectivity index (χ2v) is 12.6. The first-order valence-electron chi connectivity index (χ1n) is 15.0. The fourth-order valence-corrected chi connectivity index (χ4v) is 6.00. The van der Waals surface area contributed by atoms with Gasteiger partial charge in [-0.1, -0.05) is 42.8 Å². The predicted molar refractivity (Wildman–Crippen MR) is 178 cm³/mol. The molecule has 8 nitrogen and oxygen atoms in total. The third-order valence-electron chi connectivity index (χ3n) is 7.90. The highest BCUT2D eigenvalue weighted by atomic mass is 35.5. The number of hydrogen-bond acceptors (Lipinski definition) is 6. The molecular weight excluding hydrogens is 576 g/mol. The summed E-state index contributed by atoms with van der Waals surface area (Å²) < 4.78 is 8.19. The fourth-order valence-electron chi connectivity index (χ4n) is 5.87. The van der Waals surface area contributed by atoms with E-state index in [4.69, 9.17) is 16.3 Å². The summed E-state index contributed by atoms with van der Waals surface area (Å²) in [4.78, 5) is 29.1. The minimum atomic E-state index is -0.640. The number of non-ortho nitro benzene ring substituents is 1. The van der Waals surface area contributed by atoms with E-state index < -0.39 is 5.60 Å². The van der Waals surface area contributed by atoms with E-state index in [1.807, 2.05) is 70.2 Å². The average Bonchev–Trinajstić information content (AvgIpc) is 3.29. The van der Waals surface area contributed by atoms with Crippen LogP contribution in [0.1, 0.15) is 50.2 Å². The van der Waals surface area contributed by atoms with Crippen molar-refractivity contribution in [1.82, 2.24) is 4.57 Å². The van der Waals surface area contributed by atoms with Crippen molar-refractivity contribution in [2.45, 2.75) is 53.2 Å². The maximum atomic E-state index is 13.8. The van der Waals surface area contributed by atoms with Crippen LogP contribution >= 0.6 is 11.6 Å². The summed E-state index contributed by atoms with van der Waals surface area (Å²) in [5.41, 5.74) is 6.73. The van der Waals surface area contributed by atoms with Crippen LogP contribution in [0, 0.1) is 17.0 Å². The molecule has 0 N–H and O–H groups in total. The van der Waals surface area contributed by atoms with Gasteiger partial charge in [0.1, 0.15) is 5.60 Å². The molecule has 0 amide bonds. The Bertz CT molecular complexity index is 1650. The van der Waals surface area contributed by atoms with Crippen molar-refractivity contribution >= 4 is 34.6 Å². The SMILES string of the molecule is CCCn1c(C)c(C(=O)OC(C)(C)C)c(-c2cccc(N3CCN(c4ccc([N+](=O)[O-])cc4)CC3)c2)c1-c1ccc(Cl)cc1. The van der Waals surface area contributed by atoms with Gasteiger partial charge in [0.25, 0.3) is 5.69 Å². The molecule has 230 valence electrons. The maximum Gasteiger partial charge on any atom is 0.341 e. The first-order chi connectivity index (χ1) is 21.0. The monoisotopic (exact) mass is 614 g/mol. The molecule has 0 spiro atoms. The first kappa shape index (κ1) is 31.1. The molecule has 0 unspecified atom stereocenters. The third kappa shape index (κ3) is 6.60. The topological polar surface area (TPSA) is 80.8 Å². The number of ether oxygens (including phenoxy) is 1. The van der Waals surface area contributed by atoms with Gasteiger partial charge in [-0.05, 0) is 81.6 Å². The van der Waals surface area contributed by atoms with Gasteiger partial charge >= 0.3 is 5.97 Å². The Morgan fingerprint density at radius 3 is 2.09 bits per heavy atom. The zero-order valence-electron chi connectivity index (χ0n) is 26.0. The summed E-state index contributed by atoms with van der Waals surface area (Å²) in [5, 5.41) is 11.7. The molecule has 1 fully saturated rings. The zero-order valence-corrected chi connectivity index (χ0v) is 26.7. The van der Waals surface area contributed by atoms with Crippen LogP contribution in [0.25, 0.3) is 22.4 Å². The number of rotatable bonds is 8. The molecule has 1 aliphatic rings. The Balaban J connectivity index is 1.53. The molecule has 3 aromatic carbocycles. The molecule has 0 radical (unpaired) electrons. The van der Waals surface area contributed by atoms with E-state index in [9.17, 15) is 14.9 Å². The number of nitro groups is 1. The third-order valence-corrected chi connectivity index (χ3v) is 8.15. The molecule has 9 heteroatoms. The molecule has 0 saturated carbocycles. The van der Waals surface area contributed by atoms with Crippen molar-refractivity contribution in [3.8, 4) is 22.4 Å². The Hall–Kier alpha value is -4.30. The lowest BCUT2D eigenvalue weighted by Gasteiger charge is -2.37. The van der Waals surface area contributed by atoms with Gasteiger partial charge in [-0.25, -0.2) is 4.79 Å². The molecule has 1 aliphatic heterocycles. The first-order valence-corrected chi connectivity index (χ1v) is 15.4. The molecule has 1 aromatic heterocycles. The van der Waals surface area contributed by atoms with Crippen molar-refractivity contribution in [2.75, 3.05) is 36.0 Å². The van der Waals surface area contributed by atoms with Crippen molar-refractivity contribution in [2.24, 2.45) is 0 Å². The van der Waals surface area contributed by atoms with E-state index >= 15 is 0 Å². The van der Waals surface area contributed by atoms with Crippen LogP contribution in [0.4, 0.5) is 17.1 Å². The van der Waals surface area contributed by atoms with E-state index in [1.54, 1.807) is 12.1 Å². The average molecular weight is 615 g/mol. The number of piperazine rings is 1. The van der Waals surface area contributed by atoms with E-state index in [2.05, 4.69) is 39.5 Å². The number of esters is 1. The van der Waals surface area contributed by atoms with Gasteiger partial charge in [-0.2, -0.15) is 0 Å². The molecule has 2 heterocycles. The van der Waals surface area contributed by atoms with Gasteiger partial charge in [-0.3, -0.25) is 10.1 Å². The molecule has 1 saturated heterocycles. The Morgan fingerprint density at radius 1 is 0.909 bits per heavy atom. The molecule has 0 bridgehead atoms. The fraction of sp³-hybridized carbons (Fsp3) is 0.343. The number of nitro benzene ring substituents is 1.